The quantitative estimate of drug-likeness (QED) is 0.827. The smallest absolute Gasteiger partial charge is 0.161 e. The van der Waals surface area contributed by atoms with E-state index in [4.69, 9.17) is 9.47 Å². The standard InChI is InChI=1S/C15H21NO2/c1-15(2)12(6-7-16-15)11-4-5-13-14(10-11)18-9-3-8-17-13/h4-5,10,12,16H,3,6-9H2,1-2H3. The van der Waals surface area contributed by atoms with Crippen molar-refractivity contribution in [2.75, 3.05) is 19.8 Å². The predicted molar refractivity (Wildman–Crippen MR) is 71.5 cm³/mol. The first kappa shape index (κ1) is 11.8. The molecular weight excluding hydrogens is 226 g/mol. The average Bonchev–Trinajstić information content (AvgIpc) is 2.58. The van der Waals surface area contributed by atoms with E-state index in [1.807, 2.05) is 0 Å². The molecule has 1 unspecified atom stereocenters. The second-order valence-electron chi connectivity index (χ2n) is 5.75. The molecule has 0 radical (unpaired) electrons. The fourth-order valence-corrected chi connectivity index (χ4v) is 3.00. The van der Waals surface area contributed by atoms with Gasteiger partial charge in [-0.25, -0.2) is 0 Å². The van der Waals surface area contributed by atoms with E-state index in [1.54, 1.807) is 0 Å². The molecule has 1 fully saturated rings. The van der Waals surface area contributed by atoms with Crippen molar-refractivity contribution in [3.05, 3.63) is 23.8 Å². The van der Waals surface area contributed by atoms with E-state index in [-0.39, 0.29) is 5.54 Å². The molecule has 1 aromatic carbocycles. The minimum absolute atomic E-state index is 0.166. The van der Waals surface area contributed by atoms with Crippen LogP contribution in [0.5, 0.6) is 11.5 Å². The summed E-state index contributed by atoms with van der Waals surface area (Å²) in [5, 5.41) is 3.56. The SMILES string of the molecule is CC1(C)NCCC1c1ccc2c(c1)OCCCO2. The lowest BCUT2D eigenvalue weighted by Crippen LogP contribution is -2.36. The fraction of sp³-hybridized carbons (Fsp3) is 0.600. The molecule has 18 heavy (non-hydrogen) atoms. The van der Waals surface area contributed by atoms with Gasteiger partial charge in [-0.15, -0.1) is 0 Å². The van der Waals surface area contributed by atoms with Crippen molar-refractivity contribution in [2.45, 2.75) is 38.1 Å². The number of nitrogens with one attached hydrogen (secondary N) is 1. The van der Waals surface area contributed by atoms with Crippen LogP contribution in [0.15, 0.2) is 18.2 Å². The van der Waals surface area contributed by atoms with E-state index in [2.05, 4.69) is 37.4 Å². The van der Waals surface area contributed by atoms with E-state index in [9.17, 15) is 0 Å². The molecule has 0 aromatic heterocycles. The van der Waals surface area contributed by atoms with Crippen molar-refractivity contribution in [1.29, 1.82) is 0 Å². The van der Waals surface area contributed by atoms with E-state index in [0.717, 1.165) is 37.7 Å². The van der Waals surface area contributed by atoms with Gasteiger partial charge in [-0.05, 0) is 44.5 Å². The normalized spacial score (nSPS) is 25.8. The average molecular weight is 247 g/mol. The van der Waals surface area contributed by atoms with Gasteiger partial charge < -0.3 is 14.8 Å². The third-order valence-corrected chi connectivity index (χ3v) is 4.06. The van der Waals surface area contributed by atoms with Crippen molar-refractivity contribution in [2.24, 2.45) is 0 Å². The van der Waals surface area contributed by atoms with Gasteiger partial charge in [0.2, 0.25) is 0 Å². The van der Waals surface area contributed by atoms with Crippen molar-refractivity contribution in [3.63, 3.8) is 0 Å². The number of fused-ring (bicyclic) bond motifs is 1. The van der Waals surface area contributed by atoms with Crippen LogP contribution in [0.25, 0.3) is 0 Å². The maximum atomic E-state index is 5.77. The minimum Gasteiger partial charge on any atom is -0.490 e. The van der Waals surface area contributed by atoms with Gasteiger partial charge in [-0.3, -0.25) is 0 Å². The van der Waals surface area contributed by atoms with Gasteiger partial charge in [-0.2, -0.15) is 0 Å². The topological polar surface area (TPSA) is 30.5 Å². The van der Waals surface area contributed by atoms with E-state index in [1.165, 1.54) is 12.0 Å². The van der Waals surface area contributed by atoms with Gasteiger partial charge in [-0.1, -0.05) is 6.07 Å². The molecule has 0 aliphatic carbocycles. The first-order valence-corrected chi connectivity index (χ1v) is 6.81. The summed E-state index contributed by atoms with van der Waals surface area (Å²) in [6, 6.07) is 6.41. The van der Waals surface area contributed by atoms with Crippen molar-refractivity contribution in [3.8, 4) is 11.5 Å². The Morgan fingerprint density at radius 3 is 2.67 bits per heavy atom. The highest BCUT2D eigenvalue weighted by atomic mass is 16.5. The van der Waals surface area contributed by atoms with Gasteiger partial charge >= 0.3 is 0 Å². The Morgan fingerprint density at radius 2 is 1.94 bits per heavy atom. The minimum atomic E-state index is 0.166. The molecule has 1 aromatic rings. The monoisotopic (exact) mass is 247 g/mol. The van der Waals surface area contributed by atoms with Gasteiger partial charge in [0, 0.05) is 17.9 Å². The Morgan fingerprint density at radius 1 is 1.17 bits per heavy atom. The molecule has 2 aliphatic rings. The molecule has 1 N–H and O–H groups in total. The van der Waals surface area contributed by atoms with E-state index in [0.29, 0.717) is 5.92 Å². The Labute approximate surface area is 108 Å². The lowest BCUT2D eigenvalue weighted by Gasteiger charge is -2.28. The van der Waals surface area contributed by atoms with Gasteiger partial charge in [0.15, 0.2) is 11.5 Å². The van der Waals surface area contributed by atoms with Crippen LogP contribution in [-0.4, -0.2) is 25.3 Å². The second kappa shape index (κ2) is 4.47. The molecule has 0 amide bonds. The Bertz CT molecular complexity index is 442. The molecule has 0 saturated carbocycles. The van der Waals surface area contributed by atoms with Crippen LogP contribution < -0.4 is 14.8 Å². The van der Waals surface area contributed by atoms with Crippen molar-refractivity contribution >= 4 is 0 Å². The molecule has 0 spiro atoms. The molecule has 1 saturated heterocycles. The van der Waals surface area contributed by atoms with Crippen LogP contribution in [-0.2, 0) is 0 Å². The van der Waals surface area contributed by atoms with Gasteiger partial charge in [0.1, 0.15) is 0 Å². The van der Waals surface area contributed by atoms with Crippen LogP contribution in [0, 0.1) is 0 Å². The number of ether oxygens (including phenoxy) is 2. The number of hydrogen-bond acceptors (Lipinski definition) is 3. The zero-order valence-corrected chi connectivity index (χ0v) is 11.2. The Hall–Kier alpha value is -1.22. The van der Waals surface area contributed by atoms with Crippen molar-refractivity contribution < 1.29 is 9.47 Å². The maximum Gasteiger partial charge on any atom is 0.161 e. The summed E-state index contributed by atoms with van der Waals surface area (Å²) in [5.74, 6) is 2.35. The summed E-state index contributed by atoms with van der Waals surface area (Å²) in [6.07, 6.45) is 2.15. The maximum absolute atomic E-state index is 5.77. The van der Waals surface area contributed by atoms with Crippen LogP contribution in [0.1, 0.15) is 38.2 Å². The zero-order valence-electron chi connectivity index (χ0n) is 11.2. The molecule has 3 nitrogen and oxygen atoms in total. The fourth-order valence-electron chi connectivity index (χ4n) is 3.00. The Kier molecular flexibility index (Phi) is 2.94. The summed E-state index contributed by atoms with van der Waals surface area (Å²) in [4.78, 5) is 0. The third kappa shape index (κ3) is 2.07. The molecule has 1 atom stereocenters. The first-order chi connectivity index (χ1) is 8.67. The summed E-state index contributed by atoms with van der Waals surface area (Å²) in [5.41, 5.74) is 1.52. The zero-order chi connectivity index (χ0) is 12.6. The van der Waals surface area contributed by atoms with E-state index < -0.39 is 0 Å². The van der Waals surface area contributed by atoms with E-state index >= 15 is 0 Å². The number of hydrogen-bond donors (Lipinski definition) is 1. The molecule has 98 valence electrons. The van der Waals surface area contributed by atoms with Crippen LogP contribution in [0.4, 0.5) is 0 Å². The molecule has 2 aliphatic heterocycles. The Balaban J connectivity index is 1.92. The summed E-state index contributed by atoms with van der Waals surface area (Å²) >= 11 is 0. The van der Waals surface area contributed by atoms with Gasteiger partial charge in [0.05, 0.1) is 13.2 Å². The van der Waals surface area contributed by atoms with Crippen LogP contribution in [0.3, 0.4) is 0 Å². The first-order valence-electron chi connectivity index (χ1n) is 6.81. The molecule has 3 heteroatoms. The number of benzene rings is 1. The lowest BCUT2D eigenvalue weighted by molar-refractivity contribution is 0.297. The summed E-state index contributed by atoms with van der Waals surface area (Å²) < 4.78 is 11.4. The second-order valence-corrected chi connectivity index (χ2v) is 5.75. The summed E-state index contributed by atoms with van der Waals surface area (Å²) in [7, 11) is 0. The highest BCUT2D eigenvalue weighted by Gasteiger charge is 2.35. The van der Waals surface area contributed by atoms with Crippen LogP contribution in [0.2, 0.25) is 0 Å². The molecule has 0 bridgehead atoms. The van der Waals surface area contributed by atoms with Crippen LogP contribution >= 0.6 is 0 Å². The predicted octanol–water partition coefficient (Wildman–Crippen LogP) is 2.70. The molecular formula is C15H21NO2. The highest BCUT2D eigenvalue weighted by molar-refractivity contribution is 5.45. The number of rotatable bonds is 1. The lowest BCUT2D eigenvalue weighted by atomic mass is 9.83. The highest BCUT2D eigenvalue weighted by Crippen LogP contribution is 2.39. The molecule has 3 rings (SSSR count). The van der Waals surface area contributed by atoms with Gasteiger partial charge in [0.25, 0.3) is 0 Å². The largest absolute Gasteiger partial charge is 0.490 e. The molecule has 2 heterocycles. The summed E-state index contributed by atoms with van der Waals surface area (Å²) in [6.45, 7) is 7.14. The van der Waals surface area contributed by atoms with Crippen molar-refractivity contribution in [1.82, 2.24) is 5.32 Å². The third-order valence-electron chi connectivity index (χ3n) is 4.06.